The summed E-state index contributed by atoms with van der Waals surface area (Å²) in [4.78, 5) is 42.0. The molecule has 1 aliphatic rings. The average Bonchev–Trinajstić information content (AvgIpc) is 3.40. The summed E-state index contributed by atoms with van der Waals surface area (Å²) in [5.74, 6) is -0.367. The van der Waals surface area contributed by atoms with Crippen LogP contribution in [0.1, 0.15) is 16.8 Å². The Balaban J connectivity index is 1.27. The topological polar surface area (TPSA) is 104 Å². The molecule has 4 rings (SSSR count). The molecule has 31 heavy (non-hydrogen) atoms. The predicted octanol–water partition coefficient (Wildman–Crippen LogP) is 2.08. The molecule has 8 heteroatoms. The summed E-state index contributed by atoms with van der Waals surface area (Å²) in [6.45, 7) is 0.875. The smallest absolute Gasteiger partial charge is 0.253 e. The van der Waals surface area contributed by atoms with Crippen molar-refractivity contribution >= 4 is 34.3 Å². The second kappa shape index (κ2) is 8.91. The lowest BCUT2D eigenvalue weighted by Gasteiger charge is -2.19. The maximum atomic E-state index is 12.5. The van der Waals surface area contributed by atoms with E-state index >= 15 is 0 Å². The number of aromatic amines is 1. The van der Waals surface area contributed by atoms with E-state index < -0.39 is 5.92 Å². The van der Waals surface area contributed by atoms with Gasteiger partial charge >= 0.3 is 0 Å². The Bertz CT molecular complexity index is 1120. The molecule has 1 aliphatic heterocycles. The normalized spacial score (nSPS) is 15.8. The Hall–Kier alpha value is -3.81. The molecule has 8 nitrogen and oxygen atoms in total. The van der Waals surface area contributed by atoms with Gasteiger partial charge in [-0.1, -0.05) is 30.3 Å². The third-order valence-electron chi connectivity index (χ3n) is 5.42. The number of anilines is 1. The number of hydrogen-bond donors (Lipinski definition) is 3. The fourth-order valence-electron chi connectivity index (χ4n) is 3.83. The van der Waals surface area contributed by atoms with Crippen LogP contribution in [0.3, 0.4) is 0 Å². The van der Waals surface area contributed by atoms with Crippen LogP contribution in [0.25, 0.3) is 10.9 Å². The molecule has 0 saturated carbocycles. The van der Waals surface area contributed by atoms with Crippen molar-refractivity contribution in [2.24, 2.45) is 5.92 Å². The van der Waals surface area contributed by atoms with Crippen LogP contribution < -0.4 is 20.3 Å². The van der Waals surface area contributed by atoms with Gasteiger partial charge in [0.2, 0.25) is 11.8 Å². The molecule has 0 unspecified atom stereocenters. The van der Waals surface area contributed by atoms with Gasteiger partial charge in [-0.2, -0.15) is 0 Å². The number of ether oxygens (including phenoxy) is 1. The van der Waals surface area contributed by atoms with Crippen LogP contribution in [0.4, 0.5) is 5.69 Å². The number of nitrogens with one attached hydrogen (secondary N) is 3. The third kappa shape index (κ3) is 4.23. The zero-order chi connectivity index (χ0) is 21.8. The van der Waals surface area contributed by atoms with E-state index in [0.29, 0.717) is 30.1 Å². The van der Waals surface area contributed by atoms with Crippen LogP contribution >= 0.6 is 0 Å². The predicted molar refractivity (Wildman–Crippen MR) is 117 cm³/mol. The van der Waals surface area contributed by atoms with E-state index in [0.717, 1.165) is 10.9 Å². The summed E-state index contributed by atoms with van der Waals surface area (Å²) in [5, 5.41) is 6.48. The first kappa shape index (κ1) is 20.5. The van der Waals surface area contributed by atoms with Crippen LogP contribution in [0.15, 0.2) is 54.7 Å². The van der Waals surface area contributed by atoms with Crippen LogP contribution in [-0.2, 0) is 9.59 Å². The van der Waals surface area contributed by atoms with Crippen molar-refractivity contribution < 1.29 is 19.1 Å². The molecule has 1 aromatic heterocycles. The fraction of sp³-hybridized carbons (Fsp3) is 0.261. The van der Waals surface area contributed by atoms with Crippen molar-refractivity contribution in [1.82, 2.24) is 15.6 Å². The lowest BCUT2D eigenvalue weighted by molar-refractivity contribution is -0.126. The quantitative estimate of drug-likeness (QED) is 0.509. The van der Waals surface area contributed by atoms with Crippen molar-refractivity contribution in [3.8, 4) is 5.75 Å². The lowest BCUT2D eigenvalue weighted by atomic mass is 10.1. The number of carbonyl (C=O) groups excluding carboxylic acids is 3. The Morgan fingerprint density at radius 1 is 1.10 bits per heavy atom. The summed E-state index contributed by atoms with van der Waals surface area (Å²) < 4.78 is 5.32. The second-order valence-corrected chi connectivity index (χ2v) is 7.37. The number of carbonyl (C=O) groups is 3. The molecule has 3 aromatic rings. The van der Waals surface area contributed by atoms with Gasteiger partial charge in [-0.25, -0.2) is 0 Å². The Morgan fingerprint density at radius 3 is 2.68 bits per heavy atom. The number of H-pyrrole nitrogens is 1. The number of para-hydroxylation sites is 3. The summed E-state index contributed by atoms with van der Waals surface area (Å²) in [6, 6.07) is 14.8. The molecule has 160 valence electrons. The Labute approximate surface area is 179 Å². The van der Waals surface area contributed by atoms with Crippen LogP contribution in [0.5, 0.6) is 5.75 Å². The number of hydrogen-bond acceptors (Lipinski definition) is 4. The largest absolute Gasteiger partial charge is 0.495 e. The Morgan fingerprint density at radius 2 is 1.84 bits per heavy atom. The molecule has 0 aliphatic carbocycles. The minimum atomic E-state index is -0.443. The maximum absolute atomic E-state index is 12.5. The van der Waals surface area contributed by atoms with Gasteiger partial charge in [0, 0.05) is 43.2 Å². The first-order valence-corrected chi connectivity index (χ1v) is 10.1. The van der Waals surface area contributed by atoms with Gasteiger partial charge in [0.05, 0.1) is 24.3 Å². The summed E-state index contributed by atoms with van der Waals surface area (Å²) >= 11 is 0. The second-order valence-electron chi connectivity index (χ2n) is 7.37. The number of aromatic nitrogens is 1. The van der Waals surface area contributed by atoms with E-state index in [4.69, 9.17) is 4.74 Å². The van der Waals surface area contributed by atoms with Crippen LogP contribution in [0, 0.1) is 5.92 Å². The minimum Gasteiger partial charge on any atom is -0.495 e. The molecule has 3 amide bonds. The Kier molecular flexibility index (Phi) is 5.88. The molecular weight excluding hydrogens is 396 g/mol. The summed E-state index contributed by atoms with van der Waals surface area (Å²) in [6.07, 6.45) is 1.82. The SMILES string of the molecule is COc1ccccc1N1C[C@H](C(=O)NCCNC(=O)c2c[nH]c3ccccc23)CC1=O. The van der Waals surface area contributed by atoms with E-state index in [1.54, 1.807) is 30.3 Å². The highest BCUT2D eigenvalue weighted by Crippen LogP contribution is 2.32. The summed E-state index contributed by atoms with van der Waals surface area (Å²) in [7, 11) is 1.55. The van der Waals surface area contributed by atoms with Gasteiger partial charge in [0.1, 0.15) is 5.75 Å². The molecule has 0 radical (unpaired) electrons. The van der Waals surface area contributed by atoms with Crippen molar-refractivity contribution in [2.45, 2.75) is 6.42 Å². The van der Waals surface area contributed by atoms with Gasteiger partial charge in [-0.3, -0.25) is 14.4 Å². The molecule has 3 N–H and O–H groups in total. The average molecular weight is 420 g/mol. The fourth-order valence-corrected chi connectivity index (χ4v) is 3.83. The molecule has 1 saturated heterocycles. The summed E-state index contributed by atoms with van der Waals surface area (Å²) in [5.41, 5.74) is 2.12. The molecule has 1 fully saturated rings. The highest BCUT2D eigenvalue weighted by molar-refractivity contribution is 6.06. The first-order valence-electron chi connectivity index (χ1n) is 10.1. The highest BCUT2D eigenvalue weighted by Gasteiger charge is 2.36. The number of methoxy groups -OCH3 is 1. The molecule has 0 bridgehead atoms. The number of rotatable bonds is 7. The third-order valence-corrected chi connectivity index (χ3v) is 5.42. The van der Waals surface area contributed by atoms with Gasteiger partial charge < -0.3 is 25.3 Å². The van der Waals surface area contributed by atoms with Gasteiger partial charge in [0.25, 0.3) is 5.91 Å². The van der Waals surface area contributed by atoms with E-state index in [-0.39, 0.29) is 30.7 Å². The molecule has 1 atom stereocenters. The van der Waals surface area contributed by atoms with E-state index in [1.165, 1.54) is 0 Å². The van der Waals surface area contributed by atoms with E-state index in [2.05, 4.69) is 15.6 Å². The zero-order valence-corrected chi connectivity index (χ0v) is 17.2. The first-order chi connectivity index (χ1) is 15.1. The number of benzene rings is 2. The van der Waals surface area contributed by atoms with Gasteiger partial charge in [-0.15, -0.1) is 0 Å². The van der Waals surface area contributed by atoms with Crippen molar-refractivity contribution in [2.75, 3.05) is 31.6 Å². The molecular formula is C23H24N4O4. The van der Waals surface area contributed by atoms with Crippen molar-refractivity contribution in [3.63, 3.8) is 0 Å². The standard InChI is InChI=1S/C23H24N4O4/c1-31-20-9-5-4-8-19(20)27-14-15(12-21(27)28)22(29)24-10-11-25-23(30)17-13-26-18-7-3-2-6-16(17)18/h2-9,13,15,26H,10-12,14H2,1H3,(H,24,29)(H,25,30)/t15-/m1/s1. The zero-order valence-electron chi connectivity index (χ0n) is 17.2. The van der Waals surface area contributed by atoms with E-state index in [9.17, 15) is 14.4 Å². The highest BCUT2D eigenvalue weighted by atomic mass is 16.5. The number of nitrogens with zero attached hydrogens (tertiary/aromatic N) is 1. The van der Waals surface area contributed by atoms with Crippen LogP contribution in [-0.4, -0.2) is 49.4 Å². The minimum absolute atomic E-state index is 0.114. The molecule has 0 spiro atoms. The van der Waals surface area contributed by atoms with Crippen molar-refractivity contribution in [3.05, 3.63) is 60.3 Å². The van der Waals surface area contributed by atoms with Gasteiger partial charge in [-0.05, 0) is 18.2 Å². The number of amides is 3. The monoisotopic (exact) mass is 420 g/mol. The molecule has 2 heterocycles. The van der Waals surface area contributed by atoms with Crippen LogP contribution in [0.2, 0.25) is 0 Å². The van der Waals surface area contributed by atoms with E-state index in [1.807, 2.05) is 36.4 Å². The number of fused-ring (bicyclic) bond motifs is 1. The van der Waals surface area contributed by atoms with Crippen molar-refractivity contribution in [1.29, 1.82) is 0 Å². The maximum Gasteiger partial charge on any atom is 0.253 e. The lowest BCUT2D eigenvalue weighted by Crippen LogP contribution is -2.38. The van der Waals surface area contributed by atoms with Gasteiger partial charge in [0.15, 0.2) is 0 Å². The molecule has 2 aromatic carbocycles.